The number of ether oxygens (including phenoxy) is 3. The van der Waals surface area contributed by atoms with Crippen molar-refractivity contribution in [1.29, 1.82) is 0 Å². The van der Waals surface area contributed by atoms with Crippen LogP contribution >= 0.6 is 0 Å². The van der Waals surface area contributed by atoms with Gasteiger partial charge in [-0.2, -0.15) is 0 Å². The first-order valence-electron chi connectivity index (χ1n) is 8.95. The van der Waals surface area contributed by atoms with E-state index < -0.39 is 5.97 Å². The molecule has 0 aromatic heterocycles. The van der Waals surface area contributed by atoms with Crippen molar-refractivity contribution in [1.82, 2.24) is 0 Å². The van der Waals surface area contributed by atoms with E-state index in [2.05, 4.69) is 4.90 Å². The first-order chi connectivity index (χ1) is 13.2. The number of benzene rings is 2. The van der Waals surface area contributed by atoms with E-state index in [0.29, 0.717) is 19.8 Å². The molecule has 6 heteroatoms. The largest absolute Gasteiger partial charge is 0.492 e. The molecule has 0 saturated carbocycles. The molecule has 0 atom stereocenters. The van der Waals surface area contributed by atoms with E-state index in [4.69, 9.17) is 19.3 Å². The number of anilines is 1. The zero-order chi connectivity index (χ0) is 19.1. The predicted molar refractivity (Wildman–Crippen MR) is 103 cm³/mol. The maximum absolute atomic E-state index is 11.1. The average Bonchev–Trinajstić information content (AvgIpc) is 2.69. The van der Waals surface area contributed by atoms with Gasteiger partial charge in [0.05, 0.1) is 25.4 Å². The van der Waals surface area contributed by atoms with Crippen molar-refractivity contribution < 1.29 is 24.1 Å². The molecule has 0 spiro atoms. The molecule has 1 N–H and O–H groups in total. The van der Waals surface area contributed by atoms with Gasteiger partial charge >= 0.3 is 5.97 Å². The van der Waals surface area contributed by atoms with E-state index in [1.807, 2.05) is 36.4 Å². The summed E-state index contributed by atoms with van der Waals surface area (Å²) in [6, 6.07) is 15.3. The highest BCUT2D eigenvalue weighted by Crippen LogP contribution is 2.30. The number of fused-ring (bicyclic) bond motifs is 1. The molecule has 2 aromatic rings. The van der Waals surface area contributed by atoms with Gasteiger partial charge in [-0.05, 0) is 42.8 Å². The lowest BCUT2D eigenvalue weighted by Crippen LogP contribution is -2.35. The lowest BCUT2D eigenvalue weighted by atomic mass is 10.2. The van der Waals surface area contributed by atoms with Crippen molar-refractivity contribution in [3.05, 3.63) is 59.9 Å². The number of carbonyl (C=O) groups is 1. The molecular formula is C21H23NO5. The first-order valence-corrected chi connectivity index (χ1v) is 8.95. The van der Waals surface area contributed by atoms with Crippen LogP contribution in [0.4, 0.5) is 5.69 Å². The van der Waals surface area contributed by atoms with Crippen LogP contribution in [0.3, 0.4) is 0 Å². The van der Waals surface area contributed by atoms with Gasteiger partial charge in [0.2, 0.25) is 5.76 Å². The summed E-state index contributed by atoms with van der Waals surface area (Å²) in [6.07, 6.45) is 1.50. The van der Waals surface area contributed by atoms with Crippen LogP contribution in [-0.4, -0.2) is 44.0 Å². The molecule has 2 aromatic carbocycles. The van der Waals surface area contributed by atoms with Crippen molar-refractivity contribution in [2.24, 2.45) is 0 Å². The lowest BCUT2D eigenvalue weighted by Gasteiger charge is -2.31. The van der Waals surface area contributed by atoms with Crippen LogP contribution in [0.25, 0.3) is 6.08 Å². The Kier molecular flexibility index (Phi) is 6.20. The molecule has 0 radical (unpaired) electrons. The van der Waals surface area contributed by atoms with E-state index in [1.54, 1.807) is 19.1 Å². The van der Waals surface area contributed by atoms with Crippen LogP contribution in [0.2, 0.25) is 0 Å². The molecule has 0 saturated heterocycles. The Labute approximate surface area is 158 Å². The van der Waals surface area contributed by atoms with Gasteiger partial charge in [-0.15, -0.1) is 0 Å². The van der Waals surface area contributed by atoms with E-state index in [-0.39, 0.29) is 5.76 Å². The van der Waals surface area contributed by atoms with Gasteiger partial charge < -0.3 is 24.2 Å². The van der Waals surface area contributed by atoms with Crippen LogP contribution in [0.5, 0.6) is 11.5 Å². The number of carboxylic acid groups (broad SMARTS) is 1. The third-order valence-corrected chi connectivity index (χ3v) is 4.14. The standard InChI is InChI=1S/C21H23NO5/c1-2-25-20(21(23)24)15-16-7-9-17(10-8-16)26-13-11-22-12-14-27-19-6-4-3-5-18(19)22/h3-10,15H,2,11-14H2,1H3,(H,23,24)/b20-15-. The van der Waals surface area contributed by atoms with Crippen molar-refractivity contribution >= 4 is 17.7 Å². The fourth-order valence-electron chi connectivity index (χ4n) is 2.86. The maximum atomic E-state index is 11.1. The monoisotopic (exact) mass is 369 g/mol. The van der Waals surface area contributed by atoms with Gasteiger partial charge in [0.1, 0.15) is 24.7 Å². The van der Waals surface area contributed by atoms with Crippen LogP contribution in [0.15, 0.2) is 54.3 Å². The fourth-order valence-corrected chi connectivity index (χ4v) is 2.86. The third-order valence-electron chi connectivity index (χ3n) is 4.14. The zero-order valence-electron chi connectivity index (χ0n) is 15.3. The number of nitrogens with zero attached hydrogens (tertiary/aromatic N) is 1. The van der Waals surface area contributed by atoms with E-state index in [0.717, 1.165) is 35.8 Å². The SMILES string of the molecule is CCO/C(=C\c1ccc(OCCN2CCOc3ccccc32)cc1)C(=O)O. The quantitative estimate of drug-likeness (QED) is 0.568. The minimum absolute atomic E-state index is 0.0721. The Hall–Kier alpha value is -3.15. The number of carboxylic acids is 1. The molecule has 3 rings (SSSR count). The van der Waals surface area contributed by atoms with Crippen LogP contribution in [0.1, 0.15) is 12.5 Å². The fraction of sp³-hybridized carbons (Fsp3) is 0.286. The molecule has 1 heterocycles. The van der Waals surface area contributed by atoms with Crippen molar-refractivity contribution in [3.63, 3.8) is 0 Å². The van der Waals surface area contributed by atoms with Crippen molar-refractivity contribution in [2.75, 3.05) is 37.8 Å². The molecule has 0 amide bonds. The third kappa shape index (κ3) is 4.94. The smallest absolute Gasteiger partial charge is 0.371 e. The van der Waals surface area contributed by atoms with Gasteiger partial charge in [0.15, 0.2) is 0 Å². The Morgan fingerprint density at radius 2 is 2.00 bits per heavy atom. The number of hydrogen-bond donors (Lipinski definition) is 1. The molecule has 1 aliphatic rings. The summed E-state index contributed by atoms with van der Waals surface area (Å²) in [7, 11) is 0. The average molecular weight is 369 g/mol. The van der Waals surface area contributed by atoms with Crippen LogP contribution < -0.4 is 14.4 Å². The van der Waals surface area contributed by atoms with Gasteiger partial charge in [0.25, 0.3) is 0 Å². The topological polar surface area (TPSA) is 68.2 Å². The highest BCUT2D eigenvalue weighted by atomic mass is 16.5. The minimum atomic E-state index is -1.08. The van der Waals surface area contributed by atoms with Gasteiger partial charge in [-0.25, -0.2) is 4.79 Å². The molecule has 0 unspecified atom stereocenters. The van der Waals surface area contributed by atoms with E-state index in [1.165, 1.54) is 6.08 Å². The Morgan fingerprint density at radius 1 is 1.22 bits per heavy atom. The number of hydrogen-bond acceptors (Lipinski definition) is 5. The van der Waals surface area contributed by atoms with Crippen molar-refractivity contribution in [3.8, 4) is 11.5 Å². The summed E-state index contributed by atoms with van der Waals surface area (Å²) < 4.78 is 16.6. The summed E-state index contributed by atoms with van der Waals surface area (Å²) >= 11 is 0. The van der Waals surface area contributed by atoms with Gasteiger partial charge in [-0.3, -0.25) is 0 Å². The highest BCUT2D eigenvalue weighted by Gasteiger charge is 2.16. The van der Waals surface area contributed by atoms with Crippen LogP contribution in [0, 0.1) is 0 Å². The number of rotatable bonds is 8. The second-order valence-corrected chi connectivity index (χ2v) is 5.97. The van der Waals surface area contributed by atoms with E-state index >= 15 is 0 Å². The summed E-state index contributed by atoms with van der Waals surface area (Å²) in [4.78, 5) is 13.4. The number of aliphatic carboxylic acids is 1. The Balaban J connectivity index is 1.55. The lowest BCUT2D eigenvalue weighted by molar-refractivity contribution is -0.136. The highest BCUT2D eigenvalue weighted by molar-refractivity contribution is 5.89. The van der Waals surface area contributed by atoms with E-state index in [9.17, 15) is 4.79 Å². The molecule has 0 fully saturated rings. The molecule has 142 valence electrons. The second-order valence-electron chi connectivity index (χ2n) is 5.97. The normalized spacial score (nSPS) is 13.5. The maximum Gasteiger partial charge on any atom is 0.371 e. The number of para-hydroxylation sites is 2. The molecular weight excluding hydrogens is 346 g/mol. The predicted octanol–water partition coefficient (Wildman–Crippen LogP) is 3.43. The Morgan fingerprint density at radius 3 is 2.74 bits per heavy atom. The molecule has 1 aliphatic heterocycles. The van der Waals surface area contributed by atoms with Gasteiger partial charge in [-0.1, -0.05) is 24.3 Å². The minimum Gasteiger partial charge on any atom is -0.492 e. The molecule has 0 aliphatic carbocycles. The Bertz CT molecular complexity index is 800. The summed E-state index contributed by atoms with van der Waals surface area (Å²) in [5.41, 5.74) is 1.83. The molecule has 0 bridgehead atoms. The summed E-state index contributed by atoms with van der Waals surface area (Å²) in [5, 5.41) is 9.10. The molecule has 27 heavy (non-hydrogen) atoms. The first kappa shape index (κ1) is 18.6. The molecule has 6 nitrogen and oxygen atoms in total. The van der Waals surface area contributed by atoms with Crippen molar-refractivity contribution in [2.45, 2.75) is 6.92 Å². The zero-order valence-corrected chi connectivity index (χ0v) is 15.3. The van der Waals surface area contributed by atoms with Gasteiger partial charge in [0, 0.05) is 0 Å². The van der Waals surface area contributed by atoms with Crippen LogP contribution in [-0.2, 0) is 9.53 Å². The summed E-state index contributed by atoms with van der Waals surface area (Å²) in [5.74, 6) is 0.491. The second kappa shape index (κ2) is 8.98. The summed E-state index contributed by atoms with van der Waals surface area (Å²) in [6.45, 7) is 4.87.